The smallest absolute Gasteiger partial charge is 0.338 e. The van der Waals surface area contributed by atoms with E-state index in [4.69, 9.17) is 9.15 Å². The molecule has 0 unspecified atom stereocenters. The van der Waals surface area contributed by atoms with Crippen molar-refractivity contribution in [3.05, 3.63) is 48.5 Å². The fraction of sp³-hybridized carbons (Fsp3) is 0.167. The van der Waals surface area contributed by atoms with Crippen LogP contribution in [0.15, 0.2) is 47.1 Å². The van der Waals surface area contributed by atoms with E-state index in [1.54, 1.807) is 12.1 Å². The zero-order valence-electron chi connectivity index (χ0n) is 9.39. The average Bonchev–Trinajstić information content (AvgIpc) is 2.86. The maximum absolute atomic E-state index is 11.5. The van der Waals surface area contributed by atoms with Gasteiger partial charge in [-0.3, -0.25) is 0 Å². The monoisotopic (exact) mass is 236 g/mol. The minimum atomic E-state index is -0.739. The van der Waals surface area contributed by atoms with Crippen LogP contribution in [0.25, 0.3) is 0 Å². The van der Waals surface area contributed by atoms with E-state index in [0.717, 1.165) is 0 Å². The second-order valence-electron chi connectivity index (χ2n) is 3.10. The lowest BCUT2D eigenvalue weighted by molar-refractivity contribution is -0.142. The summed E-state index contributed by atoms with van der Waals surface area (Å²) in [5, 5.41) is 0. The fourth-order valence-electron chi connectivity index (χ4n) is 0.988. The van der Waals surface area contributed by atoms with Crippen molar-refractivity contribution in [2.75, 3.05) is 7.11 Å². The summed E-state index contributed by atoms with van der Waals surface area (Å²) in [6, 6.07) is 3.33. The van der Waals surface area contributed by atoms with E-state index in [1.165, 1.54) is 13.4 Å². The van der Waals surface area contributed by atoms with Gasteiger partial charge in [-0.1, -0.05) is 13.2 Å². The number of rotatable bonds is 5. The highest BCUT2D eigenvalue weighted by molar-refractivity contribution is 6.05. The van der Waals surface area contributed by atoms with E-state index in [-0.39, 0.29) is 17.8 Å². The van der Waals surface area contributed by atoms with Crippen LogP contribution in [0.3, 0.4) is 0 Å². The number of furan rings is 1. The number of esters is 2. The Morgan fingerprint density at radius 1 is 1.29 bits per heavy atom. The molecule has 0 amide bonds. The Balaban J connectivity index is 2.50. The van der Waals surface area contributed by atoms with Gasteiger partial charge < -0.3 is 13.9 Å². The lowest BCUT2D eigenvalue weighted by Gasteiger charge is -2.06. The van der Waals surface area contributed by atoms with Crippen molar-refractivity contribution in [2.45, 2.75) is 6.61 Å². The van der Waals surface area contributed by atoms with Gasteiger partial charge in [0, 0.05) is 0 Å². The van der Waals surface area contributed by atoms with Crippen LogP contribution in [-0.4, -0.2) is 19.0 Å². The van der Waals surface area contributed by atoms with Crippen LogP contribution in [0.2, 0.25) is 0 Å². The zero-order chi connectivity index (χ0) is 12.8. The first kappa shape index (κ1) is 12.8. The summed E-state index contributed by atoms with van der Waals surface area (Å²) in [4.78, 5) is 22.5. The van der Waals surface area contributed by atoms with E-state index < -0.39 is 11.9 Å². The number of carbonyl (C=O) groups is 2. The zero-order valence-corrected chi connectivity index (χ0v) is 9.39. The highest BCUT2D eigenvalue weighted by atomic mass is 16.5. The van der Waals surface area contributed by atoms with Gasteiger partial charge in [-0.05, 0) is 12.1 Å². The van der Waals surface area contributed by atoms with Crippen LogP contribution in [0.5, 0.6) is 0 Å². The van der Waals surface area contributed by atoms with Crippen LogP contribution in [0.4, 0.5) is 0 Å². The van der Waals surface area contributed by atoms with Crippen molar-refractivity contribution in [1.29, 1.82) is 0 Å². The Morgan fingerprint density at radius 2 is 1.94 bits per heavy atom. The molecule has 0 N–H and O–H groups in total. The minimum Gasteiger partial charge on any atom is -0.466 e. The Morgan fingerprint density at radius 3 is 2.47 bits per heavy atom. The predicted octanol–water partition coefficient (Wildman–Crippen LogP) is 1.61. The first-order valence-corrected chi connectivity index (χ1v) is 4.72. The van der Waals surface area contributed by atoms with Crippen LogP contribution in [-0.2, 0) is 25.7 Å². The molecule has 0 aliphatic rings. The van der Waals surface area contributed by atoms with Crippen LogP contribution < -0.4 is 0 Å². The number of hydrogen-bond donors (Lipinski definition) is 0. The normalized spacial score (nSPS) is 9.47. The van der Waals surface area contributed by atoms with E-state index in [1.807, 2.05) is 0 Å². The molecule has 0 atom stereocenters. The molecule has 5 heteroatoms. The number of methoxy groups -OCH3 is 1. The maximum atomic E-state index is 11.5. The molecule has 1 aromatic rings. The van der Waals surface area contributed by atoms with Crippen molar-refractivity contribution >= 4 is 11.9 Å². The van der Waals surface area contributed by atoms with Crippen LogP contribution in [0, 0.1) is 0 Å². The minimum absolute atomic E-state index is 0.0285. The van der Waals surface area contributed by atoms with Gasteiger partial charge in [0.15, 0.2) is 0 Å². The Kier molecular flexibility index (Phi) is 4.28. The SMILES string of the molecule is C=C(C(=C)C(=O)OCc1ccco1)C(=O)OC. The highest BCUT2D eigenvalue weighted by Gasteiger charge is 2.18. The maximum Gasteiger partial charge on any atom is 0.338 e. The summed E-state index contributed by atoms with van der Waals surface area (Å²) < 4.78 is 14.2. The third-order valence-corrected chi connectivity index (χ3v) is 1.97. The second-order valence-corrected chi connectivity index (χ2v) is 3.10. The largest absolute Gasteiger partial charge is 0.466 e. The van der Waals surface area contributed by atoms with Crippen molar-refractivity contribution in [3.63, 3.8) is 0 Å². The molecule has 5 nitrogen and oxygen atoms in total. The number of hydrogen-bond acceptors (Lipinski definition) is 5. The molecule has 0 fully saturated rings. The van der Waals surface area contributed by atoms with Crippen molar-refractivity contribution in [3.8, 4) is 0 Å². The van der Waals surface area contributed by atoms with E-state index in [0.29, 0.717) is 5.76 Å². The van der Waals surface area contributed by atoms with E-state index in [9.17, 15) is 9.59 Å². The van der Waals surface area contributed by atoms with Gasteiger partial charge >= 0.3 is 11.9 Å². The molecule has 0 saturated heterocycles. The molecule has 0 bridgehead atoms. The summed E-state index contributed by atoms with van der Waals surface area (Å²) >= 11 is 0. The molecule has 0 saturated carbocycles. The summed E-state index contributed by atoms with van der Waals surface area (Å²) in [6.45, 7) is 6.78. The Labute approximate surface area is 98.3 Å². The van der Waals surface area contributed by atoms with Gasteiger partial charge in [0.2, 0.25) is 0 Å². The topological polar surface area (TPSA) is 65.7 Å². The van der Waals surface area contributed by atoms with Gasteiger partial charge in [0.1, 0.15) is 12.4 Å². The number of ether oxygens (including phenoxy) is 2. The van der Waals surface area contributed by atoms with Gasteiger partial charge in [-0.15, -0.1) is 0 Å². The van der Waals surface area contributed by atoms with Crippen molar-refractivity contribution in [2.24, 2.45) is 0 Å². The van der Waals surface area contributed by atoms with Crippen molar-refractivity contribution in [1.82, 2.24) is 0 Å². The van der Waals surface area contributed by atoms with Gasteiger partial charge in [0.05, 0.1) is 24.5 Å². The van der Waals surface area contributed by atoms with Crippen molar-refractivity contribution < 1.29 is 23.5 Å². The first-order valence-electron chi connectivity index (χ1n) is 4.72. The molecular formula is C12H12O5. The molecular weight excluding hydrogens is 224 g/mol. The van der Waals surface area contributed by atoms with E-state index in [2.05, 4.69) is 17.9 Å². The molecule has 90 valence electrons. The Bertz CT molecular complexity index is 441. The van der Waals surface area contributed by atoms with Gasteiger partial charge in [-0.25, -0.2) is 9.59 Å². The molecule has 0 radical (unpaired) electrons. The van der Waals surface area contributed by atoms with Gasteiger partial charge in [0.25, 0.3) is 0 Å². The number of carbonyl (C=O) groups excluding carboxylic acids is 2. The van der Waals surface area contributed by atoms with Gasteiger partial charge in [-0.2, -0.15) is 0 Å². The molecule has 0 aromatic carbocycles. The lowest BCUT2D eigenvalue weighted by Crippen LogP contribution is -2.14. The molecule has 0 spiro atoms. The molecule has 1 heterocycles. The average molecular weight is 236 g/mol. The molecule has 17 heavy (non-hydrogen) atoms. The predicted molar refractivity (Wildman–Crippen MR) is 58.8 cm³/mol. The van der Waals surface area contributed by atoms with Crippen LogP contribution in [0.1, 0.15) is 5.76 Å². The first-order chi connectivity index (χ1) is 8.06. The highest BCUT2D eigenvalue weighted by Crippen LogP contribution is 2.11. The Hall–Kier alpha value is -2.30. The summed E-state index contributed by atoms with van der Waals surface area (Å²) in [5.41, 5.74) is -0.264. The third-order valence-electron chi connectivity index (χ3n) is 1.97. The molecule has 1 rings (SSSR count). The molecule has 0 aliphatic carbocycles. The molecule has 0 aliphatic heterocycles. The quantitative estimate of drug-likeness (QED) is 0.441. The summed E-state index contributed by atoms with van der Waals surface area (Å²) in [7, 11) is 1.19. The third kappa shape index (κ3) is 3.34. The standard InChI is InChI=1S/C12H12O5/c1-8(11(13)15-3)9(2)12(14)17-7-10-5-4-6-16-10/h4-6H,1-2,7H2,3H3. The van der Waals surface area contributed by atoms with E-state index >= 15 is 0 Å². The van der Waals surface area contributed by atoms with Crippen LogP contribution >= 0.6 is 0 Å². The summed E-state index contributed by atoms with van der Waals surface area (Å²) in [5.74, 6) is -0.962. The fourth-order valence-corrected chi connectivity index (χ4v) is 0.988. The molecule has 1 aromatic heterocycles. The second kappa shape index (κ2) is 5.69. The lowest BCUT2D eigenvalue weighted by atomic mass is 10.1. The summed E-state index contributed by atoms with van der Waals surface area (Å²) in [6.07, 6.45) is 1.46.